The number of hydrogen-bond donors (Lipinski definition) is 1. The van der Waals surface area contributed by atoms with Gasteiger partial charge in [-0.1, -0.05) is 23.5 Å². The second-order valence-electron chi connectivity index (χ2n) is 5.27. The molecule has 25 heavy (non-hydrogen) atoms. The zero-order valence-electron chi connectivity index (χ0n) is 13.0. The third-order valence-electron chi connectivity index (χ3n) is 3.81. The number of benzene rings is 2. The van der Waals surface area contributed by atoms with Crippen molar-refractivity contribution in [1.82, 2.24) is 9.88 Å². The van der Waals surface area contributed by atoms with Gasteiger partial charge in [-0.3, -0.25) is 14.9 Å². The van der Waals surface area contributed by atoms with Crippen molar-refractivity contribution in [2.24, 2.45) is 0 Å². The van der Waals surface area contributed by atoms with Gasteiger partial charge in [-0.25, -0.2) is 9.78 Å². The second-order valence-corrected chi connectivity index (χ2v) is 6.30. The van der Waals surface area contributed by atoms with Gasteiger partial charge in [0.2, 0.25) is 0 Å². The van der Waals surface area contributed by atoms with Crippen molar-refractivity contribution in [3.63, 3.8) is 0 Å². The van der Waals surface area contributed by atoms with E-state index >= 15 is 0 Å². The van der Waals surface area contributed by atoms with Crippen LogP contribution in [0.5, 0.6) is 5.75 Å². The van der Waals surface area contributed by atoms with Crippen LogP contribution in [-0.2, 0) is 0 Å². The normalized spacial score (nSPS) is 13.2. The maximum absolute atomic E-state index is 12.4. The molecule has 1 aromatic heterocycles. The van der Waals surface area contributed by atoms with Crippen LogP contribution in [-0.4, -0.2) is 34.8 Å². The summed E-state index contributed by atoms with van der Waals surface area (Å²) in [4.78, 5) is 41.9. The highest BCUT2D eigenvalue weighted by Gasteiger charge is 2.39. The molecule has 4 rings (SSSR count). The van der Waals surface area contributed by atoms with Crippen LogP contribution in [0.25, 0.3) is 10.2 Å². The average Bonchev–Trinajstić information content (AvgIpc) is 3.13. The van der Waals surface area contributed by atoms with Crippen LogP contribution in [0.15, 0.2) is 42.5 Å². The Labute approximate surface area is 145 Å². The molecule has 0 unspecified atom stereocenters. The van der Waals surface area contributed by atoms with Gasteiger partial charge in [0.1, 0.15) is 5.75 Å². The fraction of sp³-hybridized carbons (Fsp3) is 0.0588. The zero-order valence-corrected chi connectivity index (χ0v) is 13.8. The molecule has 2 aromatic carbocycles. The lowest BCUT2D eigenvalue weighted by molar-refractivity contribution is 0.0713. The highest BCUT2D eigenvalue weighted by atomic mass is 32.1. The Morgan fingerprint density at radius 3 is 2.44 bits per heavy atom. The van der Waals surface area contributed by atoms with Crippen molar-refractivity contribution in [1.29, 1.82) is 0 Å². The van der Waals surface area contributed by atoms with E-state index in [1.807, 2.05) is 0 Å². The number of imide groups is 3. The number of amides is 4. The number of carbonyl (C=O) groups is 3. The minimum Gasteiger partial charge on any atom is -0.497 e. The summed E-state index contributed by atoms with van der Waals surface area (Å²) in [6, 6.07) is 10.8. The van der Waals surface area contributed by atoms with E-state index in [9.17, 15) is 14.4 Å². The van der Waals surface area contributed by atoms with Gasteiger partial charge in [0, 0.05) is 0 Å². The van der Waals surface area contributed by atoms with Crippen molar-refractivity contribution < 1.29 is 19.1 Å². The first-order valence-corrected chi connectivity index (χ1v) is 8.13. The molecule has 1 N–H and O–H groups in total. The Morgan fingerprint density at radius 2 is 1.80 bits per heavy atom. The Hall–Kier alpha value is -3.26. The lowest BCUT2D eigenvalue weighted by Gasteiger charge is -2.11. The van der Waals surface area contributed by atoms with E-state index in [-0.39, 0.29) is 11.1 Å². The fourth-order valence-corrected chi connectivity index (χ4v) is 3.49. The number of ether oxygens (including phenoxy) is 1. The number of aromatic nitrogens is 1. The van der Waals surface area contributed by atoms with Gasteiger partial charge in [-0.05, 0) is 30.3 Å². The third kappa shape index (κ3) is 2.43. The van der Waals surface area contributed by atoms with Crippen LogP contribution in [0.2, 0.25) is 0 Å². The van der Waals surface area contributed by atoms with E-state index in [1.165, 1.54) is 23.5 Å². The monoisotopic (exact) mass is 353 g/mol. The average molecular weight is 353 g/mol. The maximum Gasteiger partial charge on any atom is 0.337 e. The molecule has 0 radical (unpaired) electrons. The van der Waals surface area contributed by atoms with Crippen molar-refractivity contribution in [3.05, 3.63) is 53.6 Å². The molecule has 1 aliphatic rings. The molecule has 1 aliphatic heterocycles. The summed E-state index contributed by atoms with van der Waals surface area (Å²) in [5.41, 5.74) is 1.12. The Morgan fingerprint density at radius 1 is 1.12 bits per heavy atom. The van der Waals surface area contributed by atoms with Crippen LogP contribution in [0, 0.1) is 0 Å². The van der Waals surface area contributed by atoms with E-state index < -0.39 is 17.8 Å². The number of rotatable bonds is 2. The van der Waals surface area contributed by atoms with Gasteiger partial charge in [0.15, 0.2) is 5.13 Å². The minimum absolute atomic E-state index is 0.219. The van der Waals surface area contributed by atoms with Gasteiger partial charge < -0.3 is 4.74 Å². The molecule has 8 heteroatoms. The lowest BCUT2D eigenvalue weighted by Crippen LogP contribution is -2.39. The quantitative estimate of drug-likeness (QED) is 0.715. The minimum atomic E-state index is -0.822. The van der Waals surface area contributed by atoms with Crippen molar-refractivity contribution in [2.45, 2.75) is 0 Å². The largest absolute Gasteiger partial charge is 0.497 e. The molecule has 0 saturated carbocycles. The molecule has 4 amide bonds. The van der Waals surface area contributed by atoms with E-state index in [4.69, 9.17) is 4.74 Å². The second kappa shape index (κ2) is 5.67. The Balaban J connectivity index is 1.61. The molecular formula is C17H11N3O4S. The topological polar surface area (TPSA) is 88.6 Å². The van der Waals surface area contributed by atoms with Gasteiger partial charge in [0.25, 0.3) is 11.8 Å². The van der Waals surface area contributed by atoms with Crippen molar-refractivity contribution in [2.75, 3.05) is 12.4 Å². The Bertz CT molecular complexity index is 1010. The number of methoxy groups -OCH3 is 1. The van der Waals surface area contributed by atoms with Crippen molar-refractivity contribution in [3.8, 4) is 5.75 Å². The standard InChI is InChI=1S/C17H11N3O4S/c1-24-9-6-7-12-13(8-9)25-16(18-12)19-17(23)20-14(21)10-4-2-3-5-11(10)15(20)22/h2-8H,1H3,(H,18,19,23). The summed E-state index contributed by atoms with van der Waals surface area (Å²) in [5.74, 6) is -0.601. The maximum atomic E-state index is 12.4. The molecule has 0 spiro atoms. The molecular weight excluding hydrogens is 342 g/mol. The summed E-state index contributed by atoms with van der Waals surface area (Å²) >= 11 is 1.23. The highest BCUT2D eigenvalue weighted by Crippen LogP contribution is 2.30. The van der Waals surface area contributed by atoms with Crippen LogP contribution in [0.1, 0.15) is 20.7 Å². The molecule has 0 atom stereocenters. The number of nitrogens with zero attached hydrogens (tertiary/aromatic N) is 2. The van der Waals surface area contributed by atoms with E-state index in [0.29, 0.717) is 21.3 Å². The number of fused-ring (bicyclic) bond motifs is 2. The van der Waals surface area contributed by atoms with E-state index in [1.54, 1.807) is 37.4 Å². The molecule has 0 saturated heterocycles. The first-order valence-electron chi connectivity index (χ1n) is 7.32. The summed E-state index contributed by atoms with van der Waals surface area (Å²) in [7, 11) is 1.56. The smallest absolute Gasteiger partial charge is 0.337 e. The van der Waals surface area contributed by atoms with Crippen LogP contribution in [0.4, 0.5) is 9.93 Å². The fourth-order valence-electron chi connectivity index (χ4n) is 2.61. The van der Waals surface area contributed by atoms with Crippen LogP contribution < -0.4 is 10.1 Å². The van der Waals surface area contributed by atoms with E-state index in [0.717, 1.165) is 4.70 Å². The number of urea groups is 1. The number of anilines is 1. The molecule has 124 valence electrons. The number of hydrogen-bond acceptors (Lipinski definition) is 6. The molecule has 0 fully saturated rings. The predicted molar refractivity (Wildman–Crippen MR) is 92.1 cm³/mol. The summed E-state index contributed by atoms with van der Waals surface area (Å²) in [6.07, 6.45) is 0. The first-order chi connectivity index (χ1) is 12.1. The van der Waals surface area contributed by atoms with E-state index in [2.05, 4.69) is 10.3 Å². The molecule has 0 bridgehead atoms. The Kier molecular flexibility index (Phi) is 3.47. The number of thiazole rings is 1. The molecule has 0 aliphatic carbocycles. The summed E-state index contributed by atoms with van der Waals surface area (Å²) in [5, 5.41) is 2.81. The van der Waals surface area contributed by atoms with Gasteiger partial charge >= 0.3 is 6.03 Å². The number of nitrogens with one attached hydrogen (secondary N) is 1. The zero-order chi connectivity index (χ0) is 17.6. The van der Waals surface area contributed by atoms with Gasteiger partial charge in [-0.15, -0.1) is 0 Å². The third-order valence-corrected chi connectivity index (χ3v) is 4.74. The van der Waals surface area contributed by atoms with Crippen LogP contribution >= 0.6 is 11.3 Å². The molecule has 7 nitrogen and oxygen atoms in total. The summed E-state index contributed by atoms with van der Waals surface area (Å²) < 4.78 is 5.97. The van der Waals surface area contributed by atoms with Gasteiger partial charge in [0.05, 0.1) is 28.5 Å². The summed E-state index contributed by atoms with van der Waals surface area (Å²) in [6.45, 7) is 0. The highest BCUT2D eigenvalue weighted by molar-refractivity contribution is 7.22. The SMILES string of the molecule is COc1ccc2nc(NC(=O)N3C(=O)c4ccccc4C3=O)sc2c1. The first kappa shape index (κ1) is 15.3. The number of carbonyl (C=O) groups excluding carboxylic acids is 3. The lowest BCUT2D eigenvalue weighted by atomic mass is 10.1. The van der Waals surface area contributed by atoms with Crippen molar-refractivity contribution >= 4 is 44.5 Å². The van der Waals surface area contributed by atoms with Crippen LogP contribution in [0.3, 0.4) is 0 Å². The molecule has 2 heterocycles. The predicted octanol–water partition coefficient (Wildman–Crippen LogP) is 3.13. The molecule has 3 aromatic rings. The van der Waals surface area contributed by atoms with Gasteiger partial charge in [-0.2, -0.15) is 4.90 Å².